The van der Waals surface area contributed by atoms with Gasteiger partial charge in [-0.3, -0.25) is 9.89 Å². The minimum absolute atomic E-state index is 0.155. The van der Waals surface area contributed by atoms with E-state index in [0.717, 1.165) is 17.7 Å². The number of fused-ring (bicyclic) bond motifs is 2. The number of aromatic amines is 1. The van der Waals surface area contributed by atoms with Crippen LogP contribution < -0.4 is 0 Å². The maximum atomic E-state index is 13.9. The zero-order chi connectivity index (χ0) is 15.3. The van der Waals surface area contributed by atoms with Gasteiger partial charge in [0.15, 0.2) is 0 Å². The van der Waals surface area contributed by atoms with Gasteiger partial charge in [0.05, 0.1) is 11.2 Å². The van der Waals surface area contributed by atoms with Crippen LogP contribution in [-0.4, -0.2) is 27.5 Å². The lowest BCUT2D eigenvalue weighted by molar-refractivity contribution is 0.0739. The van der Waals surface area contributed by atoms with E-state index in [1.54, 1.807) is 23.2 Å². The van der Waals surface area contributed by atoms with E-state index in [2.05, 4.69) is 10.2 Å². The summed E-state index contributed by atoms with van der Waals surface area (Å²) >= 11 is 7.50. The van der Waals surface area contributed by atoms with Crippen LogP contribution in [0.5, 0.6) is 0 Å². The van der Waals surface area contributed by atoms with Gasteiger partial charge in [0.25, 0.3) is 5.91 Å². The molecule has 7 heteroatoms. The van der Waals surface area contributed by atoms with Crippen molar-refractivity contribution in [1.29, 1.82) is 0 Å². The molecule has 1 aromatic carbocycles. The van der Waals surface area contributed by atoms with E-state index < -0.39 is 5.82 Å². The summed E-state index contributed by atoms with van der Waals surface area (Å²) in [7, 11) is 0. The van der Waals surface area contributed by atoms with Crippen LogP contribution in [0.1, 0.15) is 20.9 Å². The summed E-state index contributed by atoms with van der Waals surface area (Å²) in [5.41, 5.74) is 2.08. The summed E-state index contributed by atoms with van der Waals surface area (Å²) in [6, 6.07) is 4.75. The summed E-state index contributed by atoms with van der Waals surface area (Å²) in [6.07, 6.45) is 2.47. The fourth-order valence-electron chi connectivity index (χ4n) is 2.75. The molecule has 0 unspecified atom stereocenters. The maximum Gasteiger partial charge on any atom is 0.265 e. The predicted molar refractivity (Wildman–Crippen MR) is 83.8 cm³/mol. The molecule has 1 amide bonds. The number of carbonyl (C=O) groups excluding carboxylic acids is 1. The highest BCUT2D eigenvalue weighted by molar-refractivity contribution is 7.21. The largest absolute Gasteiger partial charge is 0.333 e. The molecule has 3 aromatic rings. The van der Waals surface area contributed by atoms with Crippen molar-refractivity contribution in [2.45, 2.75) is 13.0 Å². The lowest BCUT2D eigenvalue weighted by atomic mass is 10.1. The second-order valence-electron chi connectivity index (χ2n) is 5.21. The first kappa shape index (κ1) is 13.7. The van der Waals surface area contributed by atoms with Crippen LogP contribution in [0.15, 0.2) is 24.4 Å². The Bertz CT molecular complexity index is 888. The first-order chi connectivity index (χ1) is 10.6. The van der Waals surface area contributed by atoms with E-state index in [1.165, 1.54) is 17.4 Å². The molecule has 1 aliphatic rings. The van der Waals surface area contributed by atoms with Gasteiger partial charge in [-0.15, -0.1) is 11.3 Å². The number of benzene rings is 1. The predicted octanol–water partition coefficient (Wildman–Crippen LogP) is 3.62. The maximum absolute atomic E-state index is 13.9. The average Bonchev–Trinajstić information content (AvgIpc) is 3.11. The molecule has 4 nitrogen and oxygen atoms in total. The number of hydrogen-bond donors (Lipinski definition) is 1. The third-order valence-corrected chi connectivity index (χ3v) is 5.52. The Morgan fingerprint density at radius 1 is 1.45 bits per heavy atom. The molecule has 0 saturated carbocycles. The van der Waals surface area contributed by atoms with Gasteiger partial charge in [0.1, 0.15) is 10.7 Å². The second kappa shape index (κ2) is 5.07. The van der Waals surface area contributed by atoms with Crippen molar-refractivity contribution in [2.75, 3.05) is 6.54 Å². The Balaban J connectivity index is 1.72. The number of thiophene rings is 1. The first-order valence-corrected chi connectivity index (χ1v) is 8.01. The number of halogens is 2. The van der Waals surface area contributed by atoms with Crippen molar-refractivity contribution in [1.82, 2.24) is 15.1 Å². The Morgan fingerprint density at radius 2 is 2.32 bits per heavy atom. The molecule has 22 heavy (non-hydrogen) atoms. The van der Waals surface area contributed by atoms with Gasteiger partial charge in [-0.1, -0.05) is 17.7 Å². The van der Waals surface area contributed by atoms with Crippen molar-refractivity contribution < 1.29 is 9.18 Å². The van der Waals surface area contributed by atoms with E-state index in [4.69, 9.17) is 11.6 Å². The molecule has 0 fully saturated rings. The van der Waals surface area contributed by atoms with Gasteiger partial charge in [-0.25, -0.2) is 4.39 Å². The Labute approximate surface area is 134 Å². The van der Waals surface area contributed by atoms with Crippen LogP contribution in [0.4, 0.5) is 4.39 Å². The smallest absolute Gasteiger partial charge is 0.265 e. The van der Waals surface area contributed by atoms with Crippen LogP contribution in [0.2, 0.25) is 5.02 Å². The standard InChI is InChI=1S/C15H11ClFN3OS/c16-13-12-9(17)2-1-3-11(12)22-14(13)15(21)20-5-4-10-8(7-20)6-18-19-10/h1-3,6H,4-5,7H2,(H,18,19). The summed E-state index contributed by atoms with van der Waals surface area (Å²) in [4.78, 5) is 14.9. The highest BCUT2D eigenvalue weighted by Crippen LogP contribution is 2.38. The van der Waals surface area contributed by atoms with Crippen LogP contribution in [0.3, 0.4) is 0 Å². The van der Waals surface area contributed by atoms with Crippen molar-refractivity contribution in [2.24, 2.45) is 0 Å². The van der Waals surface area contributed by atoms with Gasteiger partial charge in [0.2, 0.25) is 0 Å². The third-order valence-electron chi connectivity index (χ3n) is 3.89. The minimum atomic E-state index is -0.395. The van der Waals surface area contributed by atoms with Gasteiger partial charge >= 0.3 is 0 Å². The number of nitrogens with one attached hydrogen (secondary N) is 1. The van der Waals surface area contributed by atoms with Gasteiger partial charge < -0.3 is 4.90 Å². The number of H-pyrrole nitrogens is 1. The molecular weight excluding hydrogens is 325 g/mol. The number of carbonyl (C=O) groups is 1. The fraction of sp³-hybridized carbons (Fsp3) is 0.200. The summed E-state index contributed by atoms with van der Waals surface area (Å²) in [6.45, 7) is 1.10. The summed E-state index contributed by atoms with van der Waals surface area (Å²) < 4.78 is 14.6. The molecule has 1 N–H and O–H groups in total. The second-order valence-corrected chi connectivity index (χ2v) is 6.64. The van der Waals surface area contributed by atoms with Crippen LogP contribution in [0.25, 0.3) is 10.1 Å². The lowest BCUT2D eigenvalue weighted by Crippen LogP contribution is -2.35. The number of nitrogens with zero attached hydrogens (tertiary/aromatic N) is 2. The lowest BCUT2D eigenvalue weighted by Gasteiger charge is -2.26. The van der Waals surface area contributed by atoms with Gasteiger partial charge in [-0.05, 0) is 12.1 Å². The molecule has 1 aliphatic heterocycles. The van der Waals surface area contributed by atoms with E-state index in [1.807, 2.05) is 0 Å². The minimum Gasteiger partial charge on any atom is -0.333 e. The van der Waals surface area contributed by atoms with Gasteiger partial charge in [0, 0.05) is 40.9 Å². The summed E-state index contributed by atoms with van der Waals surface area (Å²) in [5, 5.41) is 7.48. The normalized spacial score (nSPS) is 14.4. The Kier molecular flexibility index (Phi) is 3.16. The van der Waals surface area contributed by atoms with Crippen LogP contribution >= 0.6 is 22.9 Å². The van der Waals surface area contributed by atoms with Crippen molar-refractivity contribution in [3.8, 4) is 0 Å². The highest BCUT2D eigenvalue weighted by Gasteiger charge is 2.27. The molecule has 112 valence electrons. The number of amides is 1. The topological polar surface area (TPSA) is 49.0 Å². The quantitative estimate of drug-likeness (QED) is 0.738. The zero-order valence-corrected chi connectivity index (χ0v) is 13.0. The summed E-state index contributed by atoms with van der Waals surface area (Å²) in [5.74, 6) is -0.550. The highest BCUT2D eigenvalue weighted by atomic mass is 35.5. The third kappa shape index (κ3) is 2.02. The van der Waals surface area contributed by atoms with E-state index >= 15 is 0 Å². The van der Waals surface area contributed by atoms with Crippen molar-refractivity contribution in [3.05, 3.63) is 51.4 Å². The van der Waals surface area contributed by atoms with Gasteiger partial charge in [-0.2, -0.15) is 5.10 Å². The molecule has 0 atom stereocenters. The SMILES string of the molecule is O=C(c1sc2cccc(F)c2c1Cl)N1CCc2[nH]ncc2C1. The monoisotopic (exact) mass is 335 g/mol. The van der Waals surface area contributed by atoms with Crippen molar-refractivity contribution >= 4 is 38.9 Å². The average molecular weight is 336 g/mol. The molecule has 2 aromatic heterocycles. The van der Waals surface area contributed by atoms with Crippen LogP contribution in [0, 0.1) is 5.82 Å². The van der Waals surface area contributed by atoms with E-state index in [9.17, 15) is 9.18 Å². The molecule has 4 rings (SSSR count). The Morgan fingerprint density at radius 3 is 3.14 bits per heavy atom. The van der Waals surface area contributed by atoms with Crippen molar-refractivity contribution in [3.63, 3.8) is 0 Å². The number of rotatable bonds is 1. The number of aromatic nitrogens is 2. The molecule has 0 bridgehead atoms. The Hall–Kier alpha value is -1.92. The molecule has 0 saturated heterocycles. The van der Waals surface area contributed by atoms with E-state index in [0.29, 0.717) is 28.1 Å². The zero-order valence-electron chi connectivity index (χ0n) is 11.4. The molecular formula is C15H11ClFN3OS. The molecule has 0 radical (unpaired) electrons. The van der Waals surface area contributed by atoms with E-state index in [-0.39, 0.29) is 10.9 Å². The van der Waals surface area contributed by atoms with Crippen LogP contribution in [-0.2, 0) is 13.0 Å². The first-order valence-electron chi connectivity index (χ1n) is 6.82. The molecule has 0 spiro atoms. The molecule has 0 aliphatic carbocycles. The number of hydrogen-bond acceptors (Lipinski definition) is 3. The molecule has 3 heterocycles. The fourth-order valence-corrected chi connectivity index (χ4v) is 4.27.